The molecule has 0 radical (unpaired) electrons. The second-order valence-corrected chi connectivity index (χ2v) is 7.98. The maximum atomic E-state index is 5.92. The van der Waals surface area contributed by atoms with Gasteiger partial charge in [0.1, 0.15) is 23.5 Å². The van der Waals surface area contributed by atoms with E-state index in [0.29, 0.717) is 5.92 Å². The van der Waals surface area contributed by atoms with E-state index in [9.17, 15) is 0 Å². The van der Waals surface area contributed by atoms with Gasteiger partial charge in [-0.2, -0.15) is 5.10 Å². The van der Waals surface area contributed by atoms with Gasteiger partial charge in [0, 0.05) is 18.3 Å². The molecule has 7 heteroatoms. The van der Waals surface area contributed by atoms with Gasteiger partial charge in [0.25, 0.3) is 0 Å². The molecular weight excluding hydrogens is 373 g/mol. The molecule has 0 aliphatic carbocycles. The first kappa shape index (κ1) is 18.8. The molecule has 5 rings (SSSR count). The molecule has 0 unspecified atom stereocenters. The van der Waals surface area contributed by atoms with Crippen LogP contribution in [-0.4, -0.2) is 45.6 Å². The quantitative estimate of drug-likeness (QED) is 0.482. The minimum Gasteiger partial charge on any atom is -0.457 e. The summed E-state index contributed by atoms with van der Waals surface area (Å²) in [7, 11) is 2.19. The number of piperidine rings is 1. The van der Waals surface area contributed by atoms with Gasteiger partial charge in [-0.25, -0.2) is 14.6 Å². The molecule has 6 nitrogen and oxygen atoms in total. The highest BCUT2D eigenvalue weighted by molar-refractivity contribution is 6.04. The minimum absolute atomic E-state index is 0.633. The normalized spacial score (nSPS) is 15.5. The predicted octanol–water partition coefficient (Wildman–Crippen LogP) is 3.55. The smallest absolute Gasteiger partial charge is 0.185 e. The summed E-state index contributed by atoms with van der Waals surface area (Å²) in [5.41, 5.74) is 2.87. The van der Waals surface area contributed by atoms with E-state index in [1.807, 2.05) is 60.8 Å². The van der Waals surface area contributed by atoms with E-state index in [1.54, 1.807) is 6.33 Å². The number of ether oxygens (including phenoxy) is 1. The third-order valence-electron chi connectivity index (χ3n) is 5.79. The van der Waals surface area contributed by atoms with Crippen LogP contribution in [0.15, 0.2) is 67.1 Å². The molecule has 1 aliphatic heterocycles. The number of fused-ring (bicyclic) bond motifs is 1. The van der Waals surface area contributed by atoms with Gasteiger partial charge in [0.15, 0.2) is 13.6 Å². The standard InChI is InChI=1S/C23H24BN5O/c24-28-12-10-17(11-13-28)15-29-23-21(14-25-16-26-23)22(27-29)18-6-8-20(9-7-18)30-19-4-2-1-3-5-19/h1-9,14,16-17H,10-13,15,24H2. The largest absolute Gasteiger partial charge is 0.457 e. The van der Waals surface area contributed by atoms with E-state index in [0.717, 1.165) is 53.4 Å². The summed E-state index contributed by atoms with van der Waals surface area (Å²) in [6.45, 7) is 3.19. The van der Waals surface area contributed by atoms with Crippen molar-refractivity contribution in [1.82, 2.24) is 24.6 Å². The second-order valence-electron chi connectivity index (χ2n) is 7.98. The molecule has 4 aromatic rings. The summed E-state index contributed by atoms with van der Waals surface area (Å²) >= 11 is 0. The average molecular weight is 397 g/mol. The van der Waals surface area contributed by atoms with Gasteiger partial charge in [-0.15, -0.1) is 0 Å². The van der Waals surface area contributed by atoms with Crippen LogP contribution in [0.25, 0.3) is 22.3 Å². The number of aromatic nitrogens is 4. The van der Waals surface area contributed by atoms with E-state index in [1.165, 1.54) is 12.8 Å². The lowest BCUT2D eigenvalue weighted by molar-refractivity contribution is 0.255. The second kappa shape index (κ2) is 8.28. The summed E-state index contributed by atoms with van der Waals surface area (Å²) in [6.07, 6.45) is 5.87. The molecule has 0 amide bonds. The van der Waals surface area contributed by atoms with Crippen molar-refractivity contribution in [1.29, 1.82) is 0 Å². The highest BCUT2D eigenvalue weighted by Gasteiger charge is 2.20. The number of para-hydroxylation sites is 1. The van der Waals surface area contributed by atoms with Crippen molar-refractivity contribution in [3.8, 4) is 22.8 Å². The lowest BCUT2D eigenvalue weighted by atomic mass is 9.95. The number of rotatable bonds is 5. The third kappa shape index (κ3) is 3.93. The monoisotopic (exact) mass is 397 g/mol. The fourth-order valence-electron chi connectivity index (χ4n) is 4.05. The zero-order chi connectivity index (χ0) is 20.3. The summed E-state index contributed by atoms with van der Waals surface area (Å²) < 4.78 is 7.98. The first-order valence-electron chi connectivity index (χ1n) is 10.4. The van der Waals surface area contributed by atoms with Crippen LogP contribution in [0.2, 0.25) is 0 Å². The van der Waals surface area contributed by atoms with E-state index in [4.69, 9.17) is 9.84 Å². The first-order chi connectivity index (χ1) is 14.8. The number of benzene rings is 2. The van der Waals surface area contributed by atoms with Crippen molar-refractivity contribution in [2.24, 2.45) is 5.92 Å². The van der Waals surface area contributed by atoms with Crippen LogP contribution in [0.3, 0.4) is 0 Å². The molecule has 1 saturated heterocycles. The van der Waals surface area contributed by atoms with Gasteiger partial charge >= 0.3 is 0 Å². The van der Waals surface area contributed by atoms with Crippen molar-refractivity contribution in [2.45, 2.75) is 19.4 Å². The fourth-order valence-corrected chi connectivity index (χ4v) is 4.05. The highest BCUT2D eigenvalue weighted by Crippen LogP contribution is 2.30. The molecule has 2 aromatic carbocycles. The van der Waals surface area contributed by atoms with Crippen LogP contribution < -0.4 is 4.74 Å². The van der Waals surface area contributed by atoms with Crippen molar-refractivity contribution in [3.05, 3.63) is 67.1 Å². The number of hydrogen-bond acceptors (Lipinski definition) is 5. The summed E-state index contributed by atoms with van der Waals surface area (Å²) in [5.74, 6) is 2.26. The molecule has 0 bridgehead atoms. The number of nitrogens with zero attached hydrogens (tertiary/aromatic N) is 5. The van der Waals surface area contributed by atoms with Crippen LogP contribution in [0.5, 0.6) is 11.5 Å². The molecule has 0 N–H and O–H groups in total. The van der Waals surface area contributed by atoms with Gasteiger partial charge < -0.3 is 9.55 Å². The lowest BCUT2D eigenvalue weighted by Crippen LogP contribution is -2.33. The van der Waals surface area contributed by atoms with Crippen LogP contribution in [0, 0.1) is 5.92 Å². The van der Waals surface area contributed by atoms with Crippen molar-refractivity contribution in [3.63, 3.8) is 0 Å². The summed E-state index contributed by atoms with van der Waals surface area (Å²) in [4.78, 5) is 11.2. The van der Waals surface area contributed by atoms with E-state index >= 15 is 0 Å². The van der Waals surface area contributed by atoms with Gasteiger partial charge in [0.2, 0.25) is 0 Å². The Labute approximate surface area is 177 Å². The van der Waals surface area contributed by atoms with E-state index in [-0.39, 0.29) is 0 Å². The first-order valence-corrected chi connectivity index (χ1v) is 10.4. The van der Waals surface area contributed by atoms with Crippen molar-refractivity contribution in [2.75, 3.05) is 13.1 Å². The molecule has 3 heterocycles. The van der Waals surface area contributed by atoms with E-state index < -0.39 is 0 Å². The molecule has 150 valence electrons. The zero-order valence-corrected chi connectivity index (χ0v) is 17.1. The Bertz CT molecular complexity index is 1120. The Kier molecular flexibility index (Phi) is 5.19. The van der Waals surface area contributed by atoms with Gasteiger partial charge in [-0.3, -0.25) is 0 Å². The minimum atomic E-state index is 0.633. The topological polar surface area (TPSA) is 56.1 Å². The van der Waals surface area contributed by atoms with Crippen molar-refractivity contribution >= 4 is 19.0 Å². The van der Waals surface area contributed by atoms with Crippen molar-refractivity contribution < 1.29 is 4.74 Å². The molecule has 2 aromatic heterocycles. The molecule has 0 saturated carbocycles. The van der Waals surface area contributed by atoms with Gasteiger partial charge in [-0.1, -0.05) is 18.2 Å². The summed E-state index contributed by atoms with van der Waals surface area (Å²) in [5, 5.41) is 5.93. The molecule has 1 aliphatic rings. The fraction of sp³-hybridized carbons (Fsp3) is 0.261. The Morgan fingerprint density at radius 1 is 0.967 bits per heavy atom. The maximum Gasteiger partial charge on any atom is 0.185 e. The maximum absolute atomic E-state index is 5.92. The average Bonchev–Trinajstić information content (AvgIpc) is 3.15. The van der Waals surface area contributed by atoms with Crippen LogP contribution in [0.4, 0.5) is 0 Å². The Morgan fingerprint density at radius 3 is 2.47 bits per heavy atom. The lowest BCUT2D eigenvalue weighted by Gasteiger charge is -2.29. The SMILES string of the molecule is BN1CCC(Cn2nc(-c3ccc(Oc4ccccc4)cc3)c3cncnc32)CC1. The molecule has 30 heavy (non-hydrogen) atoms. The van der Waals surface area contributed by atoms with Crippen LogP contribution in [-0.2, 0) is 6.54 Å². The van der Waals surface area contributed by atoms with Crippen LogP contribution >= 0.6 is 0 Å². The Hall–Kier alpha value is -3.19. The molecule has 0 spiro atoms. The Morgan fingerprint density at radius 2 is 1.70 bits per heavy atom. The Balaban J connectivity index is 1.41. The molecule has 1 fully saturated rings. The molecular formula is C23H24BN5O. The van der Waals surface area contributed by atoms with Gasteiger partial charge in [-0.05, 0) is 68.2 Å². The summed E-state index contributed by atoms with van der Waals surface area (Å²) in [6, 6.07) is 17.9. The van der Waals surface area contributed by atoms with Gasteiger partial charge in [0.05, 0.1) is 5.39 Å². The highest BCUT2D eigenvalue weighted by atomic mass is 16.5. The van der Waals surface area contributed by atoms with Crippen LogP contribution in [0.1, 0.15) is 12.8 Å². The predicted molar refractivity (Wildman–Crippen MR) is 120 cm³/mol. The van der Waals surface area contributed by atoms with E-state index in [2.05, 4.69) is 27.4 Å². The third-order valence-corrected chi connectivity index (χ3v) is 5.79. The number of hydrogen-bond donors (Lipinski definition) is 0. The zero-order valence-electron chi connectivity index (χ0n) is 17.1. The molecule has 0 atom stereocenters.